The van der Waals surface area contributed by atoms with Crippen LogP contribution in [-0.2, 0) is 0 Å². The van der Waals surface area contributed by atoms with Crippen LogP contribution in [0, 0.1) is 12.7 Å². The van der Waals surface area contributed by atoms with Crippen LogP contribution in [0.4, 0.5) is 10.3 Å². The molecule has 1 aromatic carbocycles. The van der Waals surface area contributed by atoms with Crippen molar-refractivity contribution in [3.05, 3.63) is 36.0 Å². The topological polar surface area (TPSA) is 69.6 Å². The number of nitrogens with two attached hydrogens (primary N) is 1. The van der Waals surface area contributed by atoms with Gasteiger partial charge in [-0.1, -0.05) is 6.07 Å². The first-order valence-electron chi connectivity index (χ1n) is 6.74. The fraction of sp³-hybridized carbons (Fsp3) is 0.267. The Morgan fingerprint density at radius 1 is 1.24 bits per heavy atom. The molecule has 0 saturated carbocycles. The molecule has 0 spiro atoms. The van der Waals surface area contributed by atoms with Crippen molar-refractivity contribution < 1.29 is 4.39 Å². The second-order valence-electron chi connectivity index (χ2n) is 5.25. The summed E-state index contributed by atoms with van der Waals surface area (Å²) in [6.07, 6.45) is 1.09. The summed E-state index contributed by atoms with van der Waals surface area (Å²) in [7, 11) is 0. The maximum absolute atomic E-state index is 13.9. The van der Waals surface area contributed by atoms with Crippen LogP contribution in [0.2, 0.25) is 0 Å². The van der Waals surface area contributed by atoms with Crippen LogP contribution in [0.1, 0.15) is 25.7 Å². The van der Waals surface area contributed by atoms with Crippen LogP contribution >= 0.6 is 0 Å². The second kappa shape index (κ2) is 4.80. The predicted octanol–water partition coefficient (Wildman–Crippen LogP) is 3.10. The number of aryl methyl sites for hydroxylation is 1. The molecule has 2 aromatic heterocycles. The number of hydrogen-bond acceptors (Lipinski definition) is 4. The molecule has 0 bridgehead atoms. The average Bonchev–Trinajstić information content (AvgIpc) is 2.76. The van der Waals surface area contributed by atoms with Crippen LogP contribution < -0.4 is 5.73 Å². The van der Waals surface area contributed by atoms with E-state index in [4.69, 9.17) is 5.73 Å². The summed E-state index contributed by atoms with van der Waals surface area (Å²) in [6.45, 7) is 6.14. The van der Waals surface area contributed by atoms with Crippen LogP contribution in [0.15, 0.2) is 24.4 Å². The molecule has 108 valence electrons. The summed E-state index contributed by atoms with van der Waals surface area (Å²) >= 11 is 0. The zero-order chi connectivity index (χ0) is 15.1. The molecule has 0 atom stereocenters. The molecule has 0 aliphatic carbocycles. The van der Waals surface area contributed by atoms with Gasteiger partial charge in [0.1, 0.15) is 11.5 Å². The lowest BCUT2D eigenvalue weighted by Gasteiger charge is -2.11. The first-order chi connectivity index (χ1) is 9.97. The molecule has 5 nitrogen and oxygen atoms in total. The average molecular weight is 285 g/mol. The quantitative estimate of drug-likeness (QED) is 0.785. The highest BCUT2D eigenvalue weighted by Gasteiger charge is 2.14. The van der Waals surface area contributed by atoms with E-state index in [0.29, 0.717) is 5.56 Å². The van der Waals surface area contributed by atoms with Crippen LogP contribution in [-0.4, -0.2) is 19.5 Å². The van der Waals surface area contributed by atoms with Crippen molar-refractivity contribution in [3.8, 4) is 11.3 Å². The van der Waals surface area contributed by atoms with Gasteiger partial charge in [-0.25, -0.2) is 19.3 Å². The van der Waals surface area contributed by atoms with Gasteiger partial charge in [-0.3, -0.25) is 0 Å². The molecule has 6 heteroatoms. The number of fused-ring (bicyclic) bond motifs is 1. The first-order valence-corrected chi connectivity index (χ1v) is 6.74. The molecule has 0 saturated heterocycles. The zero-order valence-electron chi connectivity index (χ0n) is 12.1. The molecular weight excluding hydrogens is 269 g/mol. The van der Waals surface area contributed by atoms with Crippen molar-refractivity contribution in [2.45, 2.75) is 26.8 Å². The van der Waals surface area contributed by atoms with E-state index in [0.717, 1.165) is 23.1 Å². The number of benzene rings is 1. The molecule has 2 heterocycles. The molecule has 0 fully saturated rings. The van der Waals surface area contributed by atoms with Gasteiger partial charge in [-0.15, -0.1) is 0 Å². The Bertz CT molecular complexity index is 822. The number of rotatable bonds is 2. The van der Waals surface area contributed by atoms with E-state index in [1.807, 2.05) is 19.1 Å². The van der Waals surface area contributed by atoms with Gasteiger partial charge in [0.25, 0.3) is 0 Å². The zero-order valence-corrected chi connectivity index (χ0v) is 12.1. The maximum Gasteiger partial charge on any atom is 0.220 e. The Hall–Kier alpha value is -2.50. The molecule has 21 heavy (non-hydrogen) atoms. The predicted molar refractivity (Wildman–Crippen MR) is 80.3 cm³/mol. The molecule has 3 rings (SSSR count). The van der Waals surface area contributed by atoms with Gasteiger partial charge in [-0.05, 0) is 32.9 Å². The Morgan fingerprint density at radius 3 is 2.71 bits per heavy atom. The standard InChI is InChI=1S/C15H16FN5/c1-8(2)21-9(3)19-12-5-4-10(6-13(12)21)14-11(16)7-18-15(17)20-14/h4-8H,1-3H3,(H2,17,18,20). The lowest BCUT2D eigenvalue weighted by Crippen LogP contribution is -2.03. The van der Waals surface area contributed by atoms with Crippen LogP contribution in [0.5, 0.6) is 0 Å². The number of anilines is 1. The fourth-order valence-electron chi connectivity index (χ4n) is 2.60. The molecular formula is C15H16FN5. The molecule has 2 N–H and O–H groups in total. The summed E-state index contributed by atoms with van der Waals surface area (Å²) in [5.74, 6) is 0.496. The van der Waals surface area contributed by atoms with E-state index in [-0.39, 0.29) is 17.7 Å². The van der Waals surface area contributed by atoms with E-state index in [1.165, 1.54) is 0 Å². The maximum atomic E-state index is 13.9. The third kappa shape index (κ3) is 2.22. The van der Waals surface area contributed by atoms with Crippen LogP contribution in [0.3, 0.4) is 0 Å². The number of nitrogen functional groups attached to an aromatic ring is 1. The Labute approximate surface area is 121 Å². The SMILES string of the molecule is Cc1nc2ccc(-c3nc(N)ncc3F)cc2n1C(C)C. The summed E-state index contributed by atoms with van der Waals surface area (Å²) in [5.41, 5.74) is 8.26. The lowest BCUT2D eigenvalue weighted by molar-refractivity contribution is 0.600. The Kier molecular flexibility index (Phi) is 3.08. The first kappa shape index (κ1) is 13.5. The number of nitrogens with zero attached hydrogens (tertiary/aromatic N) is 4. The van der Waals surface area contributed by atoms with Crippen molar-refractivity contribution >= 4 is 17.0 Å². The van der Waals surface area contributed by atoms with Crippen LogP contribution in [0.25, 0.3) is 22.3 Å². The van der Waals surface area contributed by atoms with E-state index < -0.39 is 5.82 Å². The molecule has 3 aromatic rings. The molecule has 0 unspecified atom stereocenters. The molecule has 0 radical (unpaired) electrons. The van der Waals surface area contributed by atoms with Crippen molar-refractivity contribution in [3.63, 3.8) is 0 Å². The lowest BCUT2D eigenvalue weighted by atomic mass is 10.1. The minimum Gasteiger partial charge on any atom is -0.368 e. The summed E-state index contributed by atoms with van der Waals surface area (Å²) in [6, 6.07) is 5.82. The van der Waals surface area contributed by atoms with Gasteiger partial charge >= 0.3 is 0 Å². The number of hydrogen-bond donors (Lipinski definition) is 1. The smallest absolute Gasteiger partial charge is 0.220 e. The number of aromatic nitrogens is 4. The van der Waals surface area contributed by atoms with Crippen molar-refractivity contribution in [2.75, 3.05) is 5.73 Å². The Balaban J connectivity index is 2.25. The van der Waals surface area contributed by atoms with Crippen molar-refractivity contribution in [1.82, 2.24) is 19.5 Å². The van der Waals surface area contributed by atoms with E-state index in [2.05, 4.69) is 33.4 Å². The van der Waals surface area contributed by atoms with E-state index in [1.54, 1.807) is 6.07 Å². The summed E-state index contributed by atoms with van der Waals surface area (Å²) < 4.78 is 16.0. The summed E-state index contributed by atoms with van der Waals surface area (Å²) in [4.78, 5) is 12.2. The highest BCUT2D eigenvalue weighted by molar-refractivity contribution is 5.82. The number of halogens is 1. The highest BCUT2D eigenvalue weighted by atomic mass is 19.1. The van der Waals surface area contributed by atoms with Gasteiger partial charge in [0.2, 0.25) is 5.95 Å². The second-order valence-corrected chi connectivity index (χ2v) is 5.25. The molecule has 0 aliphatic heterocycles. The van der Waals surface area contributed by atoms with Gasteiger partial charge in [0, 0.05) is 11.6 Å². The number of imidazole rings is 1. The van der Waals surface area contributed by atoms with Gasteiger partial charge in [-0.2, -0.15) is 0 Å². The minimum atomic E-state index is -0.490. The molecule has 0 aliphatic rings. The third-order valence-corrected chi connectivity index (χ3v) is 3.42. The minimum absolute atomic E-state index is 0.0556. The van der Waals surface area contributed by atoms with Crippen molar-refractivity contribution in [2.24, 2.45) is 0 Å². The van der Waals surface area contributed by atoms with E-state index in [9.17, 15) is 4.39 Å². The largest absolute Gasteiger partial charge is 0.368 e. The van der Waals surface area contributed by atoms with E-state index >= 15 is 0 Å². The third-order valence-electron chi connectivity index (χ3n) is 3.42. The summed E-state index contributed by atoms with van der Waals surface area (Å²) in [5, 5.41) is 0. The van der Waals surface area contributed by atoms with Gasteiger partial charge < -0.3 is 10.3 Å². The van der Waals surface area contributed by atoms with Gasteiger partial charge in [0.05, 0.1) is 17.2 Å². The molecule has 0 amide bonds. The monoisotopic (exact) mass is 285 g/mol. The van der Waals surface area contributed by atoms with Gasteiger partial charge in [0.15, 0.2) is 5.82 Å². The highest BCUT2D eigenvalue weighted by Crippen LogP contribution is 2.27. The normalized spacial score (nSPS) is 11.5. The fourth-order valence-corrected chi connectivity index (χ4v) is 2.60. The van der Waals surface area contributed by atoms with Crippen molar-refractivity contribution in [1.29, 1.82) is 0 Å². The Morgan fingerprint density at radius 2 is 2.00 bits per heavy atom.